The Morgan fingerprint density at radius 1 is 1.24 bits per heavy atom. The van der Waals surface area contributed by atoms with Gasteiger partial charge in [0.25, 0.3) is 5.91 Å². The molecule has 0 radical (unpaired) electrons. The molecule has 2 aromatic rings. The maximum absolute atomic E-state index is 12.1. The van der Waals surface area contributed by atoms with E-state index in [1.807, 2.05) is 13.8 Å². The number of H-pyrrole nitrogens is 1. The normalized spacial score (nSPS) is 10.5. The first-order valence-corrected chi connectivity index (χ1v) is 6.50. The molecule has 1 aromatic carbocycles. The number of rotatable bonds is 5. The summed E-state index contributed by atoms with van der Waals surface area (Å²) in [4.78, 5) is 16.2. The van der Waals surface area contributed by atoms with Crippen molar-refractivity contribution in [3.8, 4) is 11.5 Å². The van der Waals surface area contributed by atoms with Crippen LogP contribution in [0.2, 0.25) is 0 Å². The molecule has 0 fully saturated rings. The van der Waals surface area contributed by atoms with Crippen LogP contribution in [0.4, 0.5) is 5.69 Å². The van der Waals surface area contributed by atoms with Crippen LogP contribution in [0.1, 0.15) is 36.2 Å². The monoisotopic (exact) mass is 290 g/mol. The average molecular weight is 290 g/mol. The minimum absolute atomic E-state index is 0.105. The standard InChI is InChI=1S/C14H18N4O3/c1-8(2)12-16-13(18-17-12)14(19)15-9-5-6-10(20-3)11(7-9)21-4/h5-8H,1-4H3,(H,15,19)(H,16,17,18). The molecule has 1 aromatic heterocycles. The number of methoxy groups -OCH3 is 2. The van der Waals surface area contributed by atoms with Crippen molar-refractivity contribution in [1.82, 2.24) is 15.2 Å². The zero-order valence-corrected chi connectivity index (χ0v) is 12.4. The third-order valence-corrected chi connectivity index (χ3v) is 2.89. The number of hydrogen-bond donors (Lipinski definition) is 2. The maximum Gasteiger partial charge on any atom is 0.295 e. The van der Waals surface area contributed by atoms with E-state index in [9.17, 15) is 4.79 Å². The summed E-state index contributed by atoms with van der Waals surface area (Å²) in [6.07, 6.45) is 0. The van der Waals surface area contributed by atoms with E-state index < -0.39 is 0 Å². The van der Waals surface area contributed by atoms with Crippen molar-refractivity contribution in [2.45, 2.75) is 19.8 Å². The first-order chi connectivity index (χ1) is 10.0. The third-order valence-electron chi connectivity index (χ3n) is 2.89. The molecule has 1 amide bonds. The zero-order chi connectivity index (χ0) is 15.4. The van der Waals surface area contributed by atoms with Gasteiger partial charge in [-0.2, -0.15) is 0 Å². The van der Waals surface area contributed by atoms with E-state index >= 15 is 0 Å². The van der Waals surface area contributed by atoms with Gasteiger partial charge < -0.3 is 14.8 Å². The predicted molar refractivity (Wildman–Crippen MR) is 78.0 cm³/mol. The van der Waals surface area contributed by atoms with Crippen LogP contribution in [0.3, 0.4) is 0 Å². The molecule has 2 N–H and O–H groups in total. The molecule has 0 aliphatic rings. The van der Waals surface area contributed by atoms with Crippen molar-refractivity contribution in [1.29, 1.82) is 0 Å². The topological polar surface area (TPSA) is 89.1 Å². The van der Waals surface area contributed by atoms with Gasteiger partial charge in [-0.05, 0) is 12.1 Å². The molecule has 7 heteroatoms. The molecule has 21 heavy (non-hydrogen) atoms. The van der Waals surface area contributed by atoms with Crippen LogP contribution in [0.25, 0.3) is 0 Å². The highest BCUT2D eigenvalue weighted by Crippen LogP contribution is 2.29. The SMILES string of the molecule is COc1ccc(NC(=O)c2n[nH]c(C(C)C)n2)cc1OC. The summed E-state index contributed by atoms with van der Waals surface area (Å²) in [7, 11) is 3.09. The molecule has 0 unspecified atom stereocenters. The summed E-state index contributed by atoms with van der Waals surface area (Å²) in [5, 5.41) is 9.37. The summed E-state index contributed by atoms with van der Waals surface area (Å²) in [6, 6.07) is 5.11. The van der Waals surface area contributed by atoms with Gasteiger partial charge in [-0.1, -0.05) is 13.8 Å². The third kappa shape index (κ3) is 3.31. The van der Waals surface area contributed by atoms with Crippen LogP contribution < -0.4 is 14.8 Å². The molecule has 112 valence electrons. The molecule has 0 saturated heterocycles. The molecule has 1 heterocycles. The van der Waals surface area contributed by atoms with E-state index in [0.29, 0.717) is 23.0 Å². The molecule has 0 atom stereocenters. The number of aromatic amines is 1. The Bertz CT molecular complexity index is 637. The maximum atomic E-state index is 12.1. The molecule has 0 aliphatic heterocycles. The first-order valence-electron chi connectivity index (χ1n) is 6.50. The molecule has 0 aliphatic carbocycles. The van der Waals surface area contributed by atoms with E-state index in [4.69, 9.17) is 9.47 Å². The van der Waals surface area contributed by atoms with E-state index in [0.717, 1.165) is 0 Å². The molecular formula is C14H18N4O3. The largest absolute Gasteiger partial charge is 0.493 e. The van der Waals surface area contributed by atoms with Gasteiger partial charge >= 0.3 is 0 Å². The van der Waals surface area contributed by atoms with Gasteiger partial charge in [-0.3, -0.25) is 9.89 Å². The molecule has 7 nitrogen and oxygen atoms in total. The molecule has 0 bridgehead atoms. The van der Waals surface area contributed by atoms with E-state index in [-0.39, 0.29) is 17.6 Å². The Hall–Kier alpha value is -2.57. The lowest BCUT2D eigenvalue weighted by Crippen LogP contribution is -2.14. The number of benzene rings is 1. The first kappa shape index (κ1) is 14.8. The van der Waals surface area contributed by atoms with Gasteiger partial charge in [-0.15, -0.1) is 5.10 Å². The Balaban J connectivity index is 2.15. The lowest BCUT2D eigenvalue weighted by molar-refractivity contribution is 0.101. The summed E-state index contributed by atoms with van der Waals surface area (Å²) in [5.41, 5.74) is 0.577. The number of anilines is 1. The smallest absolute Gasteiger partial charge is 0.295 e. The minimum atomic E-state index is -0.384. The van der Waals surface area contributed by atoms with Crippen LogP contribution in [-0.2, 0) is 0 Å². The van der Waals surface area contributed by atoms with Crippen molar-refractivity contribution < 1.29 is 14.3 Å². The van der Waals surface area contributed by atoms with Gasteiger partial charge in [0.05, 0.1) is 14.2 Å². The van der Waals surface area contributed by atoms with Crippen LogP contribution >= 0.6 is 0 Å². The van der Waals surface area contributed by atoms with Crippen molar-refractivity contribution >= 4 is 11.6 Å². The highest BCUT2D eigenvalue weighted by Gasteiger charge is 2.15. The van der Waals surface area contributed by atoms with Crippen molar-refractivity contribution in [2.75, 3.05) is 19.5 Å². The average Bonchev–Trinajstić information content (AvgIpc) is 2.97. The van der Waals surface area contributed by atoms with Crippen molar-refractivity contribution in [3.05, 3.63) is 29.8 Å². The number of ether oxygens (including phenoxy) is 2. The molecule has 2 rings (SSSR count). The van der Waals surface area contributed by atoms with Gasteiger partial charge in [-0.25, -0.2) is 4.98 Å². The summed E-state index contributed by atoms with van der Waals surface area (Å²) >= 11 is 0. The van der Waals surface area contributed by atoms with Crippen LogP contribution in [0.5, 0.6) is 11.5 Å². The van der Waals surface area contributed by atoms with E-state index in [1.54, 1.807) is 25.3 Å². The molecular weight excluding hydrogens is 272 g/mol. The lowest BCUT2D eigenvalue weighted by atomic mass is 10.2. The zero-order valence-electron chi connectivity index (χ0n) is 12.4. The fraction of sp³-hybridized carbons (Fsp3) is 0.357. The number of nitrogens with zero attached hydrogens (tertiary/aromatic N) is 2. The second kappa shape index (κ2) is 6.25. The van der Waals surface area contributed by atoms with E-state index in [2.05, 4.69) is 20.5 Å². The summed E-state index contributed by atoms with van der Waals surface area (Å²) < 4.78 is 10.3. The number of nitrogens with one attached hydrogen (secondary N) is 2. The predicted octanol–water partition coefficient (Wildman–Crippen LogP) is 2.20. The van der Waals surface area contributed by atoms with Gasteiger partial charge in [0.2, 0.25) is 5.82 Å². The fourth-order valence-electron chi connectivity index (χ4n) is 1.74. The second-order valence-corrected chi connectivity index (χ2v) is 4.72. The Labute approximate surface area is 122 Å². The van der Waals surface area contributed by atoms with Crippen LogP contribution in [-0.4, -0.2) is 35.3 Å². The quantitative estimate of drug-likeness (QED) is 0.881. The highest BCUT2D eigenvalue weighted by molar-refractivity contribution is 6.01. The number of amides is 1. The van der Waals surface area contributed by atoms with Gasteiger partial charge in [0.1, 0.15) is 5.82 Å². The fourth-order valence-corrected chi connectivity index (χ4v) is 1.74. The van der Waals surface area contributed by atoms with Crippen LogP contribution in [0, 0.1) is 0 Å². The highest BCUT2D eigenvalue weighted by atomic mass is 16.5. The number of hydrogen-bond acceptors (Lipinski definition) is 5. The Morgan fingerprint density at radius 3 is 2.52 bits per heavy atom. The number of carbonyl (C=O) groups excluding carboxylic acids is 1. The minimum Gasteiger partial charge on any atom is -0.493 e. The van der Waals surface area contributed by atoms with E-state index in [1.165, 1.54) is 7.11 Å². The summed E-state index contributed by atoms with van der Waals surface area (Å²) in [6.45, 7) is 3.94. The van der Waals surface area contributed by atoms with Crippen molar-refractivity contribution in [3.63, 3.8) is 0 Å². The van der Waals surface area contributed by atoms with Gasteiger partial charge in [0.15, 0.2) is 11.5 Å². The summed E-state index contributed by atoms with van der Waals surface area (Å²) in [5.74, 6) is 1.70. The Kier molecular flexibility index (Phi) is 4.42. The Morgan fingerprint density at radius 2 is 1.95 bits per heavy atom. The molecule has 0 saturated carbocycles. The second-order valence-electron chi connectivity index (χ2n) is 4.72. The number of aromatic nitrogens is 3. The lowest BCUT2D eigenvalue weighted by Gasteiger charge is -2.09. The van der Waals surface area contributed by atoms with Gasteiger partial charge in [0, 0.05) is 17.7 Å². The van der Waals surface area contributed by atoms with Crippen LogP contribution in [0.15, 0.2) is 18.2 Å². The van der Waals surface area contributed by atoms with Crippen molar-refractivity contribution in [2.24, 2.45) is 0 Å². The molecule has 0 spiro atoms. The number of carbonyl (C=O) groups is 1.